The first-order valence-electron chi connectivity index (χ1n) is 9.05. The van der Waals surface area contributed by atoms with Crippen molar-refractivity contribution < 1.29 is 14.3 Å². The molecule has 2 amide bonds. The third kappa shape index (κ3) is 6.25. The molecule has 5 heteroatoms. The number of allylic oxidation sites excluding steroid dienone is 1. The summed E-state index contributed by atoms with van der Waals surface area (Å²) in [5, 5.41) is 2.92. The number of ether oxygens (including phenoxy) is 1. The minimum Gasteiger partial charge on any atom is -0.494 e. The Balaban J connectivity index is 1.86. The second-order valence-electron chi connectivity index (χ2n) is 6.24. The number of benzene rings is 1. The van der Waals surface area contributed by atoms with E-state index in [1.54, 1.807) is 12.1 Å². The van der Waals surface area contributed by atoms with Gasteiger partial charge in [0.25, 0.3) is 0 Å². The van der Waals surface area contributed by atoms with Crippen molar-refractivity contribution in [1.29, 1.82) is 0 Å². The van der Waals surface area contributed by atoms with Gasteiger partial charge in [0, 0.05) is 19.2 Å². The van der Waals surface area contributed by atoms with Gasteiger partial charge in [0.2, 0.25) is 11.8 Å². The minimum absolute atomic E-state index is 0.0301. The highest BCUT2D eigenvalue weighted by atomic mass is 16.5. The summed E-state index contributed by atoms with van der Waals surface area (Å²) in [5.74, 6) is 0.453. The highest BCUT2D eigenvalue weighted by molar-refractivity contribution is 5.97. The summed E-state index contributed by atoms with van der Waals surface area (Å²) in [4.78, 5) is 25.6. The Morgan fingerprint density at radius 2 is 1.96 bits per heavy atom. The van der Waals surface area contributed by atoms with Crippen LogP contribution in [0, 0.1) is 0 Å². The maximum Gasteiger partial charge on any atom is 0.240 e. The highest BCUT2D eigenvalue weighted by Crippen LogP contribution is 2.20. The molecule has 1 aliphatic carbocycles. The summed E-state index contributed by atoms with van der Waals surface area (Å²) in [6.07, 6.45) is 7.99. The third-order valence-corrected chi connectivity index (χ3v) is 4.29. The Morgan fingerprint density at radius 3 is 2.56 bits per heavy atom. The van der Waals surface area contributed by atoms with Crippen LogP contribution in [0.3, 0.4) is 0 Å². The lowest BCUT2D eigenvalue weighted by Gasteiger charge is -2.21. The second-order valence-corrected chi connectivity index (χ2v) is 6.24. The molecule has 1 aromatic rings. The summed E-state index contributed by atoms with van der Waals surface area (Å²) in [6, 6.07) is 7.21. The molecular formula is C20H28N2O3. The van der Waals surface area contributed by atoms with Gasteiger partial charge < -0.3 is 15.0 Å². The first-order valence-corrected chi connectivity index (χ1v) is 9.05. The van der Waals surface area contributed by atoms with Crippen LogP contribution in [0.25, 0.3) is 0 Å². The predicted octanol–water partition coefficient (Wildman–Crippen LogP) is 3.44. The van der Waals surface area contributed by atoms with Gasteiger partial charge in [-0.25, -0.2) is 0 Å². The SMILES string of the molecule is CCOc1ccc(N(CC(=O)NCCC2=CCCCC2)C(C)=O)cc1. The smallest absolute Gasteiger partial charge is 0.240 e. The van der Waals surface area contributed by atoms with Crippen LogP contribution in [-0.2, 0) is 9.59 Å². The molecule has 1 aromatic carbocycles. The molecular weight excluding hydrogens is 316 g/mol. The normalized spacial score (nSPS) is 13.8. The molecule has 0 heterocycles. The van der Waals surface area contributed by atoms with E-state index in [4.69, 9.17) is 4.74 Å². The van der Waals surface area contributed by atoms with Crippen molar-refractivity contribution in [1.82, 2.24) is 5.32 Å². The quantitative estimate of drug-likeness (QED) is 0.735. The monoisotopic (exact) mass is 344 g/mol. The van der Waals surface area contributed by atoms with Crippen LogP contribution in [0.4, 0.5) is 5.69 Å². The van der Waals surface area contributed by atoms with Crippen LogP contribution in [0.2, 0.25) is 0 Å². The Hall–Kier alpha value is -2.30. The van der Waals surface area contributed by atoms with E-state index >= 15 is 0 Å². The van der Waals surface area contributed by atoms with Crippen LogP contribution in [0.5, 0.6) is 5.75 Å². The standard InChI is InChI=1S/C20H28N2O3/c1-3-25-19-11-9-18(10-12-19)22(16(2)23)15-20(24)21-14-13-17-7-5-4-6-8-17/h7,9-12H,3-6,8,13-15H2,1-2H3,(H,21,24). The zero-order valence-corrected chi connectivity index (χ0v) is 15.2. The highest BCUT2D eigenvalue weighted by Gasteiger charge is 2.16. The minimum atomic E-state index is -0.158. The molecule has 0 aromatic heterocycles. The molecule has 0 atom stereocenters. The predicted molar refractivity (Wildman–Crippen MR) is 99.8 cm³/mol. The van der Waals surface area contributed by atoms with E-state index in [1.807, 2.05) is 19.1 Å². The average molecular weight is 344 g/mol. The molecule has 2 rings (SSSR count). The van der Waals surface area contributed by atoms with Crippen molar-refractivity contribution >= 4 is 17.5 Å². The summed E-state index contributed by atoms with van der Waals surface area (Å²) in [7, 11) is 0. The van der Waals surface area contributed by atoms with Crippen LogP contribution in [-0.4, -0.2) is 31.5 Å². The summed E-state index contributed by atoms with van der Waals surface area (Å²) in [6.45, 7) is 4.64. The maximum absolute atomic E-state index is 12.2. The molecule has 0 fully saturated rings. The van der Waals surface area contributed by atoms with E-state index < -0.39 is 0 Å². The van der Waals surface area contributed by atoms with E-state index in [9.17, 15) is 9.59 Å². The average Bonchev–Trinajstić information content (AvgIpc) is 2.61. The van der Waals surface area contributed by atoms with Gasteiger partial charge in [-0.2, -0.15) is 0 Å². The van der Waals surface area contributed by atoms with Gasteiger partial charge >= 0.3 is 0 Å². The topological polar surface area (TPSA) is 58.6 Å². The fraction of sp³-hybridized carbons (Fsp3) is 0.500. The number of nitrogens with zero attached hydrogens (tertiary/aromatic N) is 1. The van der Waals surface area contributed by atoms with Crippen LogP contribution in [0.15, 0.2) is 35.9 Å². The van der Waals surface area contributed by atoms with Crippen molar-refractivity contribution in [2.45, 2.75) is 46.0 Å². The lowest BCUT2D eigenvalue weighted by atomic mass is 9.97. The number of nitrogens with one attached hydrogen (secondary N) is 1. The Kier molecular flexibility index (Phi) is 7.51. The number of amides is 2. The number of hydrogen-bond donors (Lipinski definition) is 1. The Labute approximate surface area is 150 Å². The van der Waals surface area contributed by atoms with Gasteiger partial charge in [-0.05, 0) is 63.3 Å². The fourth-order valence-electron chi connectivity index (χ4n) is 2.97. The van der Waals surface area contributed by atoms with Crippen LogP contribution in [0.1, 0.15) is 46.0 Å². The van der Waals surface area contributed by atoms with Gasteiger partial charge in [0.1, 0.15) is 12.3 Å². The van der Waals surface area contributed by atoms with Crippen molar-refractivity contribution in [3.8, 4) is 5.75 Å². The molecule has 0 aliphatic heterocycles. The second kappa shape index (κ2) is 9.87. The first-order chi connectivity index (χ1) is 12.1. The Bertz CT molecular complexity index is 608. The van der Waals surface area contributed by atoms with Crippen molar-refractivity contribution in [2.24, 2.45) is 0 Å². The zero-order chi connectivity index (χ0) is 18.1. The van der Waals surface area contributed by atoms with Crippen LogP contribution >= 0.6 is 0 Å². The molecule has 0 spiro atoms. The van der Waals surface area contributed by atoms with Gasteiger partial charge in [-0.3, -0.25) is 9.59 Å². The summed E-state index contributed by atoms with van der Waals surface area (Å²) >= 11 is 0. The van der Waals surface area contributed by atoms with Crippen molar-refractivity contribution in [3.63, 3.8) is 0 Å². The fourth-order valence-corrected chi connectivity index (χ4v) is 2.97. The number of carbonyl (C=O) groups is 2. The van der Waals surface area contributed by atoms with Gasteiger partial charge in [0.15, 0.2) is 0 Å². The molecule has 5 nitrogen and oxygen atoms in total. The Morgan fingerprint density at radius 1 is 1.20 bits per heavy atom. The lowest BCUT2D eigenvalue weighted by Crippen LogP contribution is -2.40. The first kappa shape index (κ1) is 19.0. The molecule has 1 N–H and O–H groups in total. The van der Waals surface area contributed by atoms with E-state index in [-0.39, 0.29) is 18.4 Å². The molecule has 0 bridgehead atoms. The summed E-state index contributed by atoms with van der Waals surface area (Å²) in [5.41, 5.74) is 2.13. The molecule has 136 valence electrons. The number of rotatable bonds is 8. The van der Waals surface area contributed by atoms with Crippen LogP contribution < -0.4 is 15.0 Å². The molecule has 25 heavy (non-hydrogen) atoms. The number of anilines is 1. The van der Waals surface area contributed by atoms with Gasteiger partial charge in [-0.15, -0.1) is 0 Å². The zero-order valence-electron chi connectivity index (χ0n) is 15.2. The van der Waals surface area contributed by atoms with E-state index in [2.05, 4.69) is 11.4 Å². The maximum atomic E-state index is 12.2. The van der Waals surface area contributed by atoms with Gasteiger partial charge in [0.05, 0.1) is 6.61 Å². The van der Waals surface area contributed by atoms with Crippen molar-refractivity contribution in [3.05, 3.63) is 35.9 Å². The lowest BCUT2D eigenvalue weighted by molar-refractivity contribution is -0.123. The van der Waals surface area contributed by atoms with E-state index in [0.29, 0.717) is 18.8 Å². The van der Waals surface area contributed by atoms with Gasteiger partial charge in [-0.1, -0.05) is 11.6 Å². The third-order valence-electron chi connectivity index (χ3n) is 4.29. The number of carbonyl (C=O) groups excluding carboxylic acids is 2. The van der Waals surface area contributed by atoms with Crippen molar-refractivity contribution in [2.75, 3.05) is 24.6 Å². The summed E-state index contributed by atoms with van der Waals surface area (Å²) < 4.78 is 5.40. The van der Waals surface area contributed by atoms with E-state index in [1.165, 1.54) is 30.2 Å². The largest absolute Gasteiger partial charge is 0.494 e. The molecule has 0 saturated carbocycles. The molecule has 1 aliphatic rings. The molecule has 0 radical (unpaired) electrons. The molecule has 0 saturated heterocycles. The number of hydrogen-bond acceptors (Lipinski definition) is 3. The van der Waals surface area contributed by atoms with E-state index in [0.717, 1.165) is 25.0 Å². The molecule has 0 unspecified atom stereocenters.